The maximum Gasteiger partial charge on any atom is 0.288 e. The highest BCUT2D eigenvalue weighted by Crippen LogP contribution is 2.20. The number of pyridine rings is 1. The minimum atomic E-state index is -0.567. The molecule has 1 heterocycles. The van der Waals surface area contributed by atoms with Crippen LogP contribution in [-0.2, 0) is 0 Å². The second-order valence-electron chi connectivity index (χ2n) is 5.26. The topological polar surface area (TPSA) is 88.4 Å². The molecule has 0 aliphatic carbocycles. The van der Waals surface area contributed by atoms with E-state index in [9.17, 15) is 14.9 Å². The molecule has 1 amide bonds. The van der Waals surface area contributed by atoms with Crippen molar-refractivity contribution in [2.45, 2.75) is 20.8 Å². The summed E-state index contributed by atoms with van der Waals surface area (Å²) in [6.07, 6.45) is 1.14. The van der Waals surface area contributed by atoms with Gasteiger partial charge in [0.15, 0.2) is 0 Å². The number of hydrogen-bond donors (Lipinski definition) is 1. The van der Waals surface area contributed by atoms with E-state index in [1.165, 1.54) is 6.07 Å². The van der Waals surface area contributed by atoms with Gasteiger partial charge in [0.1, 0.15) is 6.20 Å². The first-order valence-corrected chi connectivity index (χ1v) is 7.73. The lowest BCUT2D eigenvalue weighted by Crippen LogP contribution is -2.21. The number of amides is 1. The third kappa shape index (κ3) is 3.87. The zero-order valence-electron chi connectivity index (χ0n) is 13.9. The molecule has 2 aromatic rings. The summed E-state index contributed by atoms with van der Waals surface area (Å²) in [7, 11) is 0. The lowest BCUT2D eigenvalue weighted by Gasteiger charge is -2.21. The quantitative estimate of drug-likeness (QED) is 0.648. The van der Waals surface area contributed by atoms with Crippen LogP contribution in [0.1, 0.15) is 29.9 Å². The van der Waals surface area contributed by atoms with Crippen molar-refractivity contribution in [2.24, 2.45) is 0 Å². The number of aryl methyl sites for hydroxylation is 1. The molecule has 0 atom stereocenters. The zero-order chi connectivity index (χ0) is 17.7. The maximum absolute atomic E-state index is 12.4. The molecule has 0 saturated heterocycles. The molecule has 1 N–H and O–H groups in total. The van der Waals surface area contributed by atoms with Crippen molar-refractivity contribution in [3.63, 3.8) is 0 Å². The van der Waals surface area contributed by atoms with E-state index >= 15 is 0 Å². The van der Waals surface area contributed by atoms with Crippen LogP contribution in [0.3, 0.4) is 0 Å². The second kappa shape index (κ2) is 7.54. The number of nitro groups is 1. The fourth-order valence-electron chi connectivity index (χ4n) is 2.39. The molecular weight excluding hydrogens is 308 g/mol. The molecule has 1 aromatic carbocycles. The number of anilines is 2. The van der Waals surface area contributed by atoms with Gasteiger partial charge in [-0.3, -0.25) is 19.9 Å². The highest BCUT2D eigenvalue weighted by Gasteiger charge is 2.16. The van der Waals surface area contributed by atoms with E-state index < -0.39 is 10.8 Å². The molecule has 0 unspecified atom stereocenters. The number of nitrogens with one attached hydrogen (secondary N) is 1. The third-order valence-electron chi connectivity index (χ3n) is 3.78. The molecule has 7 nitrogen and oxygen atoms in total. The normalized spacial score (nSPS) is 10.3. The van der Waals surface area contributed by atoms with Gasteiger partial charge in [-0.25, -0.2) is 0 Å². The Kier molecular flexibility index (Phi) is 5.47. The summed E-state index contributed by atoms with van der Waals surface area (Å²) in [5.41, 5.74) is 2.13. The first-order chi connectivity index (χ1) is 11.5. The summed E-state index contributed by atoms with van der Waals surface area (Å²) in [6.45, 7) is 7.61. The average Bonchev–Trinajstić information content (AvgIpc) is 2.57. The predicted octanol–water partition coefficient (Wildman–Crippen LogP) is 3.40. The monoisotopic (exact) mass is 328 g/mol. The molecular formula is C17H20N4O3. The number of benzene rings is 1. The summed E-state index contributed by atoms with van der Waals surface area (Å²) in [4.78, 5) is 28.7. The molecule has 0 aliphatic heterocycles. The van der Waals surface area contributed by atoms with Gasteiger partial charge in [0.2, 0.25) is 0 Å². The smallest absolute Gasteiger partial charge is 0.288 e. The van der Waals surface area contributed by atoms with Crippen LogP contribution in [-0.4, -0.2) is 28.9 Å². The van der Waals surface area contributed by atoms with Crippen LogP contribution in [0.2, 0.25) is 0 Å². The Balaban J connectivity index is 2.18. The first kappa shape index (κ1) is 17.4. The zero-order valence-corrected chi connectivity index (χ0v) is 13.9. The minimum Gasteiger partial charge on any atom is -0.372 e. The van der Waals surface area contributed by atoms with Gasteiger partial charge in [-0.1, -0.05) is 0 Å². The van der Waals surface area contributed by atoms with Crippen molar-refractivity contribution in [3.05, 3.63) is 57.9 Å². The molecule has 0 aliphatic rings. The van der Waals surface area contributed by atoms with Gasteiger partial charge in [-0.05, 0) is 45.0 Å². The largest absolute Gasteiger partial charge is 0.372 e. The maximum atomic E-state index is 12.4. The van der Waals surface area contributed by atoms with E-state index in [4.69, 9.17) is 0 Å². The van der Waals surface area contributed by atoms with Gasteiger partial charge in [-0.2, -0.15) is 0 Å². The number of aromatic nitrogens is 1. The summed E-state index contributed by atoms with van der Waals surface area (Å²) < 4.78 is 0. The molecule has 2 rings (SSSR count). The lowest BCUT2D eigenvalue weighted by atomic mass is 10.1. The first-order valence-electron chi connectivity index (χ1n) is 7.73. The fraction of sp³-hybridized carbons (Fsp3) is 0.294. The summed E-state index contributed by atoms with van der Waals surface area (Å²) in [5.74, 6) is -0.417. The minimum absolute atomic E-state index is 0.192. The standard InChI is InChI=1S/C17H20N4O3/c1-4-20(5-2)14-8-6-13(7-9-14)19-17(22)16-10-15(21(23)24)11-18-12(16)3/h6-11H,4-5H2,1-3H3,(H,19,22). The summed E-state index contributed by atoms with van der Waals surface area (Å²) in [6, 6.07) is 8.72. The van der Waals surface area contributed by atoms with E-state index in [1.54, 1.807) is 6.92 Å². The van der Waals surface area contributed by atoms with E-state index in [0.717, 1.165) is 25.0 Å². The van der Waals surface area contributed by atoms with Crippen molar-refractivity contribution in [2.75, 3.05) is 23.3 Å². The van der Waals surface area contributed by atoms with E-state index in [0.29, 0.717) is 11.4 Å². The van der Waals surface area contributed by atoms with E-state index in [2.05, 4.69) is 29.0 Å². The van der Waals surface area contributed by atoms with Crippen molar-refractivity contribution in [1.82, 2.24) is 4.98 Å². The van der Waals surface area contributed by atoms with Crippen LogP contribution in [0, 0.1) is 17.0 Å². The van der Waals surface area contributed by atoms with E-state index in [-0.39, 0.29) is 11.3 Å². The fourth-order valence-corrected chi connectivity index (χ4v) is 2.39. The SMILES string of the molecule is CCN(CC)c1ccc(NC(=O)c2cc([N+](=O)[O-])cnc2C)cc1. The Labute approximate surface area is 140 Å². The van der Waals surface area contributed by atoms with Gasteiger partial charge in [0.25, 0.3) is 11.6 Å². The van der Waals surface area contributed by atoms with Crippen molar-refractivity contribution < 1.29 is 9.72 Å². The molecule has 0 fully saturated rings. The van der Waals surface area contributed by atoms with Crippen LogP contribution in [0.4, 0.5) is 17.1 Å². The van der Waals surface area contributed by atoms with Crippen LogP contribution in [0.15, 0.2) is 36.5 Å². The van der Waals surface area contributed by atoms with Crippen LogP contribution in [0.5, 0.6) is 0 Å². The molecule has 0 bridgehead atoms. The highest BCUT2D eigenvalue weighted by atomic mass is 16.6. The van der Waals surface area contributed by atoms with Gasteiger partial charge < -0.3 is 10.2 Å². The Morgan fingerprint density at radius 2 is 1.88 bits per heavy atom. The average molecular weight is 328 g/mol. The number of carbonyl (C=O) groups excluding carboxylic acids is 1. The highest BCUT2D eigenvalue weighted by molar-refractivity contribution is 6.05. The van der Waals surface area contributed by atoms with Crippen molar-refractivity contribution in [3.8, 4) is 0 Å². The van der Waals surface area contributed by atoms with Crippen LogP contribution >= 0.6 is 0 Å². The molecule has 1 aromatic heterocycles. The van der Waals surface area contributed by atoms with Gasteiger partial charge in [0.05, 0.1) is 16.2 Å². The summed E-state index contributed by atoms with van der Waals surface area (Å²) >= 11 is 0. The molecule has 24 heavy (non-hydrogen) atoms. The van der Waals surface area contributed by atoms with E-state index in [1.807, 2.05) is 24.3 Å². The van der Waals surface area contributed by atoms with Crippen LogP contribution < -0.4 is 10.2 Å². The molecule has 7 heteroatoms. The second-order valence-corrected chi connectivity index (χ2v) is 5.26. The van der Waals surface area contributed by atoms with Gasteiger partial charge in [-0.15, -0.1) is 0 Å². The lowest BCUT2D eigenvalue weighted by molar-refractivity contribution is -0.385. The van der Waals surface area contributed by atoms with Crippen LogP contribution in [0.25, 0.3) is 0 Å². The Morgan fingerprint density at radius 1 is 1.25 bits per heavy atom. The Bertz CT molecular complexity index is 740. The molecule has 0 radical (unpaired) electrons. The summed E-state index contributed by atoms with van der Waals surface area (Å²) in [5, 5.41) is 13.6. The molecule has 0 saturated carbocycles. The predicted molar refractivity (Wildman–Crippen MR) is 93.6 cm³/mol. The number of nitrogens with zero attached hydrogens (tertiary/aromatic N) is 3. The van der Waals surface area contributed by atoms with Crippen molar-refractivity contribution in [1.29, 1.82) is 0 Å². The van der Waals surface area contributed by atoms with Gasteiger partial charge in [0, 0.05) is 30.5 Å². The third-order valence-corrected chi connectivity index (χ3v) is 3.78. The number of hydrogen-bond acceptors (Lipinski definition) is 5. The molecule has 0 spiro atoms. The Hall–Kier alpha value is -2.96. The Morgan fingerprint density at radius 3 is 2.42 bits per heavy atom. The number of carbonyl (C=O) groups is 1. The molecule has 126 valence electrons. The number of rotatable bonds is 6. The van der Waals surface area contributed by atoms with Crippen molar-refractivity contribution >= 4 is 23.0 Å². The van der Waals surface area contributed by atoms with Gasteiger partial charge >= 0.3 is 0 Å².